The number of carbonyl (C=O) groups is 1. The van der Waals surface area contributed by atoms with Crippen molar-refractivity contribution in [2.24, 2.45) is 0 Å². The van der Waals surface area contributed by atoms with E-state index in [9.17, 15) is 9.18 Å². The van der Waals surface area contributed by atoms with Gasteiger partial charge in [0.2, 0.25) is 0 Å². The van der Waals surface area contributed by atoms with Gasteiger partial charge in [-0.05, 0) is 56.1 Å². The van der Waals surface area contributed by atoms with Gasteiger partial charge in [0.25, 0.3) is 0 Å². The summed E-state index contributed by atoms with van der Waals surface area (Å²) in [5.74, 6) is -1.02. The van der Waals surface area contributed by atoms with Crippen LogP contribution in [0.1, 0.15) is 15.9 Å². The van der Waals surface area contributed by atoms with E-state index in [4.69, 9.17) is 22.4 Å². The van der Waals surface area contributed by atoms with Crippen LogP contribution in [-0.4, -0.2) is 24.0 Å². The molecule has 2 aromatic rings. The van der Waals surface area contributed by atoms with Gasteiger partial charge in [-0.3, -0.25) is 4.79 Å². The van der Waals surface area contributed by atoms with Crippen LogP contribution >= 0.6 is 43.5 Å². The standard InChI is InChI=1S/C15H12Br2ClFN2O2/c16-9-6-11(21-3-4-22)14(20)13(17)12(9)15(23)8-5-7(19)1-2-10(8)18/h1-2,5-6,21-22H,3-4,20H2. The van der Waals surface area contributed by atoms with Crippen LogP contribution in [0.25, 0.3) is 0 Å². The second kappa shape index (κ2) is 7.61. The van der Waals surface area contributed by atoms with Crippen LogP contribution < -0.4 is 11.1 Å². The number of halogens is 4. The first kappa shape index (κ1) is 18.2. The largest absolute Gasteiger partial charge is 0.396 e. The Kier molecular flexibility index (Phi) is 6.02. The molecule has 0 saturated heterocycles. The molecular formula is C15H12Br2ClFN2O2. The van der Waals surface area contributed by atoms with Gasteiger partial charge in [-0.25, -0.2) is 4.39 Å². The van der Waals surface area contributed by atoms with E-state index in [-0.39, 0.29) is 22.8 Å². The van der Waals surface area contributed by atoms with Crippen LogP contribution in [-0.2, 0) is 0 Å². The summed E-state index contributed by atoms with van der Waals surface area (Å²) in [7, 11) is 0. The lowest BCUT2D eigenvalue weighted by Gasteiger charge is -2.15. The quantitative estimate of drug-likeness (QED) is 0.456. The van der Waals surface area contributed by atoms with Crippen molar-refractivity contribution >= 4 is 60.6 Å². The average Bonchev–Trinajstić information content (AvgIpc) is 2.51. The molecule has 8 heteroatoms. The molecule has 0 unspecified atom stereocenters. The lowest BCUT2D eigenvalue weighted by atomic mass is 10.0. The molecule has 0 fully saturated rings. The van der Waals surface area contributed by atoms with Crippen LogP contribution in [0.2, 0.25) is 5.02 Å². The van der Waals surface area contributed by atoms with Gasteiger partial charge in [-0.2, -0.15) is 0 Å². The summed E-state index contributed by atoms with van der Waals surface area (Å²) in [6, 6.07) is 5.21. The van der Waals surface area contributed by atoms with Crippen molar-refractivity contribution in [3.05, 3.63) is 55.2 Å². The number of carbonyl (C=O) groups excluding carboxylic acids is 1. The minimum atomic E-state index is -0.556. The molecule has 0 atom stereocenters. The SMILES string of the molecule is Nc1c(NCCO)cc(Br)c(C(=O)c2cc(F)ccc2Cl)c1Br. The lowest BCUT2D eigenvalue weighted by molar-refractivity contribution is 0.103. The molecule has 0 radical (unpaired) electrons. The highest BCUT2D eigenvalue weighted by atomic mass is 79.9. The molecule has 0 aliphatic heterocycles. The molecular weight excluding hydrogens is 454 g/mol. The van der Waals surface area contributed by atoms with Gasteiger partial charge >= 0.3 is 0 Å². The summed E-state index contributed by atoms with van der Waals surface area (Å²) in [4.78, 5) is 12.7. The first-order chi connectivity index (χ1) is 10.9. The van der Waals surface area contributed by atoms with E-state index in [1.165, 1.54) is 12.1 Å². The van der Waals surface area contributed by atoms with Gasteiger partial charge in [-0.1, -0.05) is 11.6 Å². The second-order valence-corrected chi connectivity index (χ2v) is 6.67. The Morgan fingerprint density at radius 1 is 1.35 bits per heavy atom. The summed E-state index contributed by atoms with van der Waals surface area (Å²) >= 11 is 12.6. The topological polar surface area (TPSA) is 75.3 Å². The Morgan fingerprint density at radius 3 is 2.70 bits per heavy atom. The highest BCUT2D eigenvalue weighted by Crippen LogP contribution is 2.38. The molecule has 4 nitrogen and oxygen atoms in total. The van der Waals surface area contributed by atoms with E-state index >= 15 is 0 Å². The number of rotatable bonds is 5. The molecule has 0 aliphatic rings. The third kappa shape index (κ3) is 3.85. The maximum absolute atomic E-state index is 13.4. The van der Waals surface area contributed by atoms with Gasteiger partial charge in [0, 0.05) is 16.6 Å². The van der Waals surface area contributed by atoms with Gasteiger partial charge in [0.1, 0.15) is 5.82 Å². The van der Waals surface area contributed by atoms with E-state index in [1.54, 1.807) is 6.07 Å². The van der Waals surface area contributed by atoms with E-state index in [2.05, 4.69) is 37.2 Å². The summed E-state index contributed by atoms with van der Waals surface area (Å²) in [6.45, 7) is 0.250. The second-order valence-electron chi connectivity index (χ2n) is 4.61. The van der Waals surface area contributed by atoms with E-state index in [1.807, 2.05) is 0 Å². The predicted molar refractivity (Wildman–Crippen MR) is 96.7 cm³/mol. The third-order valence-corrected chi connectivity index (χ3v) is 4.86. The van der Waals surface area contributed by atoms with Crippen LogP contribution in [0.4, 0.5) is 15.8 Å². The van der Waals surface area contributed by atoms with E-state index in [0.29, 0.717) is 26.9 Å². The molecule has 0 heterocycles. The molecule has 2 rings (SSSR count). The third-order valence-electron chi connectivity index (χ3n) is 3.08. The van der Waals surface area contributed by atoms with Crippen LogP contribution in [0.5, 0.6) is 0 Å². The normalized spacial score (nSPS) is 10.7. The predicted octanol–water partition coefficient (Wildman–Crippen LogP) is 4.22. The van der Waals surface area contributed by atoms with Crippen LogP contribution in [0, 0.1) is 5.82 Å². The molecule has 0 saturated carbocycles. The van der Waals surface area contributed by atoms with Crippen molar-refractivity contribution in [2.45, 2.75) is 0 Å². The van der Waals surface area contributed by atoms with Crippen molar-refractivity contribution in [3.63, 3.8) is 0 Å². The monoisotopic (exact) mass is 464 g/mol. The number of hydrogen-bond acceptors (Lipinski definition) is 4. The molecule has 23 heavy (non-hydrogen) atoms. The number of nitrogens with one attached hydrogen (secondary N) is 1. The maximum Gasteiger partial charge on any atom is 0.196 e. The van der Waals surface area contributed by atoms with Gasteiger partial charge in [-0.15, -0.1) is 0 Å². The van der Waals surface area contributed by atoms with Crippen molar-refractivity contribution in [3.8, 4) is 0 Å². The Labute approximate surface area is 154 Å². The molecule has 0 aromatic heterocycles. The summed E-state index contributed by atoms with van der Waals surface area (Å²) in [6.07, 6.45) is 0. The van der Waals surface area contributed by atoms with Crippen LogP contribution in [0.3, 0.4) is 0 Å². The number of aliphatic hydroxyl groups excluding tert-OH is 1. The Hall–Kier alpha value is -1.15. The number of nitrogens with two attached hydrogens (primary N) is 1. The first-order valence-electron chi connectivity index (χ1n) is 6.48. The summed E-state index contributed by atoms with van der Waals surface area (Å²) in [5, 5.41) is 12.0. The molecule has 0 spiro atoms. The Bertz CT molecular complexity index is 772. The Balaban J connectivity index is 2.53. The van der Waals surface area contributed by atoms with Gasteiger partial charge < -0.3 is 16.2 Å². The zero-order valence-electron chi connectivity index (χ0n) is 11.7. The minimum absolute atomic E-state index is 0.0449. The van der Waals surface area contributed by atoms with Crippen molar-refractivity contribution in [2.75, 3.05) is 24.2 Å². The zero-order chi connectivity index (χ0) is 17.1. The number of nitrogen functional groups attached to an aromatic ring is 1. The first-order valence-corrected chi connectivity index (χ1v) is 8.45. The number of hydrogen-bond donors (Lipinski definition) is 3. The molecule has 0 bridgehead atoms. The fourth-order valence-corrected chi connectivity index (χ4v) is 3.67. The van der Waals surface area contributed by atoms with Gasteiger partial charge in [0.15, 0.2) is 5.78 Å². The Morgan fingerprint density at radius 2 is 2.04 bits per heavy atom. The lowest BCUT2D eigenvalue weighted by Crippen LogP contribution is -2.11. The minimum Gasteiger partial charge on any atom is -0.396 e. The number of ketones is 1. The molecule has 2 aromatic carbocycles. The summed E-state index contributed by atoms with van der Waals surface area (Å²) in [5.41, 5.74) is 7.15. The van der Waals surface area contributed by atoms with Gasteiger partial charge in [0.05, 0.1) is 33.0 Å². The number of anilines is 2. The average molecular weight is 467 g/mol. The number of benzene rings is 2. The highest BCUT2D eigenvalue weighted by Gasteiger charge is 2.22. The van der Waals surface area contributed by atoms with Crippen molar-refractivity contribution in [1.82, 2.24) is 0 Å². The smallest absolute Gasteiger partial charge is 0.196 e. The molecule has 122 valence electrons. The molecule has 0 aliphatic carbocycles. The zero-order valence-corrected chi connectivity index (χ0v) is 15.6. The van der Waals surface area contributed by atoms with Crippen LogP contribution in [0.15, 0.2) is 33.2 Å². The van der Waals surface area contributed by atoms with Crippen molar-refractivity contribution in [1.29, 1.82) is 0 Å². The van der Waals surface area contributed by atoms with Crippen molar-refractivity contribution < 1.29 is 14.3 Å². The fourth-order valence-electron chi connectivity index (χ4n) is 1.99. The fraction of sp³-hybridized carbons (Fsp3) is 0.133. The van der Waals surface area contributed by atoms with E-state index in [0.717, 1.165) is 6.07 Å². The van der Waals surface area contributed by atoms with E-state index < -0.39 is 11.6 Å². The summed E-state index contributed by atoms with van der Waals surface area (Å²) < 4.78 is 14.2. The molecule has 0 amide bonds. The number of aliphatic hydroxyl groups is 1. The maximum atomic E-state index is 13.4. The molecule has 4 N–H and O–H groups in total. The highest BCUT2D eigenvalue weighted by molar-refractivity contribution is 9.11.